The molecule has 2 rings (SSSR count). The molecule has 5 heteroatoms. The minimum Gasteiger partial charge on any atom is -0.376 e. The van der Waals surface area contributed by atoms with Crippen LogP contribution in [0.2, 0.25) is 0 Å². The Balaban J connectivity index is 2.15. The molecule has 1 aromatic heterocycles. The Labute approximate surface area is 136 Å². The number of nitrogens with zero attached hydrogens (tertiary/aromatic N) is 3. The summed E-state index contributed by atoms with van der Waals surface area (Å²) in [6.45, 7) is 11.4. The van der Waals surface area contributed by atoms with Crippen LogP contribution in [0.25, 0.3) is 0 Å². The van der Waals surface area contributed by atoms with E-state index < -0.39 is 0 Å². The van der Waals surface area contributed by atoms with Crippen LogP contribution in [0.15, 0.2) is 10.7 Å². The molecular weight excluding hydrogens is 330 g/mol. The number of rotatable bonds is 4. The van der Waals surface area contributed by atoms with Gasteiger partial charge in [-0.2, -0.15) is 0 Å². The molecule has 1 fully saturated rings. The predicted molar refractivity (Wildman–Crippen MR) is 89.9 cm³/mol. The van der Waals surface area contributed by atoms with Gasteiger partial charge in [0.05, 0.1) is 6.10 Å². The van der Waals surface area contributed by atoms with Crippen molar-refractivity contribution in [2.75, 3.05) is 24.6 Å². The van der Waals surface area contributed by atoms with Crippen molar-refractivity contribution in [2.24, 2.45) is 0 Å². The molecule has 118 valence electrons. The molecule has 0 spiro atoms. The Bertz CT molecular complexity index is 473. The number of hydrogen-bond acceptors (Lipinski definition) is 4. The van der Waals surface area contributed by atoms with Crippen molar-refractivity contribution in [3.8, 4) is 0 Å². The average molecular weight is 356 g/mol. The molecule has 0 aromatic carbocycles. The van der Waals surface area contributed by atoms with Crippen LogP contribution < -0.4 is 4.90 Å². The summed E-state index contributed by atoms with van der Waals surface area (Å²) in [7, 11) is 0. The van der Waals surface area contributed by atoms with E-state index in [1.165, 1.54) is 0 Å². The molecule has 2 heterocycles. The van der Waals surface area contributed by atoms with Crippen LogP contribution >= 0.6 is 15.9 Å². The highest BCUT2D eigenvalue weighted by atomic mass is 79.9. The summed E-state index contributed by atoms with van der Waals surface area (Å²) in [6.07, 6.45) is 3.70. The molecule has 0 saturated carbocycles. The lowest BCUT2D eigenvalue weighted by Gasteiger charge is -2.34. The Morgan fingerprint density at radius 3 is 2.81 bits per heavy atom. The maximum absolute atomic E-state index is 5.91. The second-order valence-corrected chi connectivity index (χ2v) is 7.52. The van der Waals surface area contributed by atoms with Crippen molar-refractivity contribution in [3.63, 3.8) is 0 Å². The lowest BCUT2D eigenvalue weighted by atomic mass is 9.96. The molecule has 1 aromatic rings. The normalized spacial score (nSPS) is 19.9. The summed E-state index contributed by atoms with van der Waals surface area (Å²) >= 11 is 3.52. The standard InChI is InChI=1S/C16H26BrN3O/c1-5-9-21-12-7-6-8-20(11-12)14-10-13(17)18-15(19-14)16(2,3)4/h10,12H,5-9,11H2,1-4H3. The molecule has 21 heavy (non-hydrogen) atoms. The number of piperidine rings is 1. The third-order valence-electron chi connectivity index (χ3n) is 3.61. The SMILES string of the molecule is CCCOC1CCCN(c2cc(Br)nc(C(C)(C)C)n2)C1. The molecule has 4 nitrogen and oxygen atoms in total. The number of halogens is 1. The second-order valence-electron chi connectivity index (χ2n) is 6.70. The third-order valence-corrected chi connectivity index (χ3v) is 4.02. The molecule has 0 aliphatic carbocycles. The summed E-state index contributed by atoms with van der Waals surface area (Å²) < 4.78 is 6.77. The largest absolute Gasteiger partial charge is 0.376 e. The molecule has 1 unspecified atom stereocenters. The van der Waals surface area contributed by atoms with E-state index in [1.807, 2.05) is 6.07 Å². The number of hydrogen-bond donors (Lipinski definition) is 0. The summed E-state index contributed by atoms with van der Waals surface area (Å²) in [4.78, 5) is 11.6. The molecule has 0 bridgehead atoms. The van der Waals surface area contributed by atoms with Gasteiger partial charge in [-0.25, -0.2) is 9.97 Å². The van der Waals surface area contributed by atoms with Crippen LogP contribution in [-0.4, -0.2) is 35.8 Å². The monoisotopic (exact) mass is 355 g/mol. The first-order valence-corrected chi connectivity index (χ1v) is 8.61. The fraction of sp³-hybridized carbons (Fsp3) is 0.750. The van der Waals surface area contributed by atoms with E-state index in [0.29, 0.717) is 6.10 Å². The summed E-state index contributed by atoms with van der Waals surface area (Å²) in [5.41, 5.74) is -0.0492. The molecule has 1 aliphatic heterocycles. The highest BCUT2D eigenvalue weighted by molar-refractivity contribution is 9.10. The van der Waals surface area contributed by atoms with Gasteiger partial charge in [0, 0.05) is 31.2 Å². The second kappa shape index (κ2) is 7.05. The highest BCUT2D eigenvalue weighted by Crippen LogP contribution is 2.26. The minimum atomic E-state index is -0.0492. The first kappa shape index (κ1) is 16.7. The molecule has 1 atom stereocenters. The van der Waals surface area contributed by atoms with E-state index in [-0.39, 0.29) is 5.41 Å². The molecule has 1 aliphatic rings. The zero-order valence-electron chi connectivity index (χ0n) is 13.5. The summed E-state index contributed by atoms with van der Waals surface area (Å²) in [5, 5.41) is 0. The smallest absolute Gasteiger partial charge is 0.137 e. The van der Waals surface area contributed by atoms with Crippen LogP contribution in [0.1, 0.15) is 52.8 Å². The van der Waals surface area contributed by atoms with Gasteiger partial charge in [0.15, 0.2) is 0 Å². The minimum absolute atomic E-state index is 0.0492. The van der Waals surface area contributed by atoms with Gasteiger partial charge in [0.1, 0.15) is 16.2 Å². The van der Waals surface area contributed by atoms with Gasteiger partial charge in [0.25, 0.3) is 0 Å². The van der Waals surface area contributed by atoms with Crippen molar-refractivity contribution in [2.45, 2.75) is 58.5 Å². The average Bonchev–Trinajstić information content (AvgIpc) is 2.44. The fourth-order valence-electron chi connectivity index (χ4n) is 2.47. The quantitative estimate of drug-likeness (QED) is 0.766. The molecule has 0 N–H and O–H groups in total. The van der Waals surface area contributed by atoms with Gasteiger partial charge in [-0.3, -0.25) is 0 Å². The van der Waals surface area contributed by atoms with Crippen LogP contribution in [0.5, 0.6) is 0 Å². The van der Waals surface area contributed by atoms with E-state index in [0.717, 1.165) is 55.2 Å². The van der Waals surface area contributed by atoms with Crippen molar-refractivity contribution >= 4 is 21.7 Å². The zero-order chi connectivity index (χ0) is 15.5. The Hall–Kier alpha value is -0.680. The van der Waals surface area contributed by atoms with Gasteiger partial charge >= 0.3 is 0 Å². The van der Waals surface area contributed by atoms with E-state index in [4.69, 9.17) is 9.72 Å². The first-order valence-electron chi connectivity index (χ1n) is 7.81. The highest BCUT2D eigenvalue weighted by Gasteiger charge is 2.24. The van der Waals surface area contributed by atoms with Crippen LogP contribution in [0.4, 0.5) is 5.82 Å². The Kier molecular flexibility index (Phi) is 5.60. The van der Waals surface area contributed by atoms with E-state index in [2.05, 4.69) is 53.5 Å². The van der Waals surface area contributed by atoms with E-state index >= 15 is 0 Å². The van der Waals surface area contributed by atoms with Crippen molar-refractivity contribution in [1.82, 2.24) is 9.97 Å². The van der Waals surface area contributed by atoms with E-state index in [9.17, 15) is 0 Å². The fourth-order valence-corrected chi connectivity index (χ4v) is 2.84. The number of aromatic nitrogens is 2. The molecular formula is C16H26BrN3O. The molecule has 0 radical (unpaired) electrons. The van der Waals surface area contributed by atoms with Gasteiger partial charge in [0.2, 0.25) is 0 Å². The topological polar surface area (TPSA) is 38.2 Å². The van der Waals surface area contributed by atoms with Crippen LogP contribution in [0.3, 0.4) is 0 Å². The lowest BCUT2D eigenvalue weighted by Crippen LogP contribution is -2.40. The third kappa shape index (κ3) is 4.65. The summed E-state index contributed by atoms with van der Waals surface area (Å²) in [6, 6.07) is 2.01. The number of anilines is 1. The van der Waals surface area contributed by atoms with Gasteiger partial charge in [-0.05, 0) is 35.2 Å². The lowest BCUT2D eigenvalue weighted by molar-refractivity contribution is 0.0439. The Morgan fingerprint density at radius 2 is 2.14 bits per heavy atom. The van der Waals surface area contributed by atoms with E-state index in [1.54, 1.807) is 0 Å². The van der Waals surface area contributed by atoms with Crippen LogP contribution in [0, 0.1) is 0 Å². The Morgan fingerprint density at radius 1 is 1.38 bits per heavy atom. The van der Waals surface area contributed by atoms with Crippen molar-refractivity contribution in [3.05, 3.63) is 16.5 Å². The number of ether oxygens (including phenoxy) is 1. The van der Waals surface area contributed by atoms with Crippen molar-refractivity contribution < 1.29 is 4.74 Å². The first-order chi connectivity index (χ1) is 9.90. The van der Waals surface area contributed by atoms with Gasteiger partial charge < -0.3 is 9.64 Å². The van der Waals surface area contributed by atoms with Crippen LogP contribution in [-0.2, 0) is 10.2 Å². The molecule has 1 saturated heterocycles. The summed E-state index contributed by atoms with van der Waals surface area (Å²) in [5.74, 6) is 1.88. The maximum atomic E-state index is 5.91. The maximum Gasteiger partial charge on any atom is 0.137 e. The zero-order valence-corrected chi connectivity index (χ0v) is 15.1. The predicted octanol–water partition coefficient (Wildman–Crippen LogP) is 3.93. The van der Waals surface area contributed by atoms with Gasteiger partial charge in [-0.15, -0.1) is 0 Å². The van der Waals surface area contributed by atoms with Crippen molar-refractivity contribution in [1.29, 1.82) is 0 Å². The molecule has 0 amide bonds. The van der Waals surface area contributed by atoms with Gasteiger partial charge in [-0.1, -0.05) is 27.7 Å².